The van der Waals surface area contributed by atoms with E-state index < -0.39 is 0 Å². The number of hydrogen-bond donors (Lipinski definition) is 2. The van der Waals surface area contributed by atoms with Crippen LogP contribution in [0.25, 0.3) is 11.4 Å². The van der Waals surface area contributed by atoms with Gasteiger partial charge in [0.1, 0.15) is 11.6 Å². The van der Waals surface area contributed by atoms with Crippen molar-refractivity contribution in [2.45, 2.75) is 52.5 Å². The van der Waals surface area contributed by atoms with Crippen LogP contribution in [0.3, 0.4) is 0 Å². The number of pyridine rings is 1. The summed E-state index contributed by atoms with van der Waals surface area (Å²) in [7, 11) is 0. The van der Waals surface area contributed by atoms with Crippen molar-refractivity contribution in [2.24, 2.45) is 17.8 Å². The molecule has 2 aliphatic rings. The van der Waals surface area contributed by atoms with E-state index in [4.69, 9.17) is 0 Å². The van der Waals surface area contributed by atoms with E-state index in [1.807, 2.05) is 19.1 Å². The van der Waals surface area contributed by atoms with Crippen molar-refractivity contribution in [2.75, 3.05) is 5.32 Å². The highest BCUT2D eigenvalue weighted by molar-refractivity contribution is 5.56. The molecule has 4 atom stereocenters. The number of anilines is 1. The lowest BCUT2D eigenvalue weighted by Crippen LogP contribution is -2.30. The predicted molar refractivity (Wildman–Crippen MR) is 99.6 cm³/mol. The van der Waals surface area contributed by atoms with Crippen LogP contribution in [0.5, 0.6) is 0 Å². The number of aromatic amines is 1. The first kappa shape index (κ1) is 16.3. The third-order valence-corrected chi connectivity index (χ3v) is 6.24. The Labute approximate surface area is 148 Å². The Bertz CT molecular complexity index is 827. The molecule has 2 heterocycles. The second kappa shape index (κ2) is 6.28. The third-order valence-electron chi connectivity index (χ3n) is 6.24. The van der Waals surface area contributed by atoms with Crippen LogP contribution in [-0.4, -0.2) is 21.0 Å². The van der Waals surface area contributed by atoms with Crippen molar-refractivity contribution < 1.29 is 0 Å². The number of nitrogens with zero attached hydrogens (tertiary/aromatic N) is 2. The zero-order valence-corrected chi connectivity index (χ0v) is 15.2. The van der Waals surface area contributed by atoms with Gasteiger partial charge in [-0.15, -0.1) is 0 Å². The molecule has 25 heavy (non-hydrogen) atoms. The van der Waals surface area contributed by atoms with Gasteiger partial charge in [-0.3, -0.25) is 4.79 Å². The van der Waals surface area contributed by atoms with E-state index >= 15 is 0 Å². The average Bonchev–Trinajstić information content (AvgIpc) is 3.23. The molecule has 2 aromatic rings. The second-order valence-corrected chi connectivity index (χ2v) is 7.83. The normalized spacial score (nSPS) is 26.0. The predicted octanol–water partition coefficient (Wildman–Crippen LogP) is 3.69. The maximum absolute atomic E-state index is 11.9. The van der Waals surface area contributed by atoms with Gasteiger partial charge < -0.3 is 10.3 Å². The van der Waals surface area contributed by atoms with Gasteiger partial charge in [-0.2, -0.15) is 0 Å². The molecule has 5 nitrogen and oxygen atoms in total. The van der Waals surface area contributed by atoms with E-state index in [9.17, 15) is 4.79 Å². The lowest BCUT2D eigenvalue weighted by Gasteiger charge is -2.28. The van der Waals surface area contributed by atoms with Gasteiger partial charge in [0, 0.05) is 29.1 Å². The quantitative estimate of drug-likeness (QED) is 0.892. The highest BCUT2D eigenvalue weighted by Gasteiger charge is 2.41. The van der Waals surface area contributed by atoms with Crippen molar-refractivity contribution >= 4 is 5.82 Å². The summed E-state index contributed by atoms with van der Waals surface area (Å²) in [5.74, 6) is 4.11. The van der Waals surface area contributed by atoms with Crippen LogP contribution in [-0.2, 0) is 0 Å². The Balaban J connectivity index is 1.48. The van der Waals surface area contributed by atoms with E-state index in [1.165, 1.54) is 25.7 Å². The summed E-state index contributed by atoms with van der Waals surface area (Å²) in [5.41, 5.74) is 2.16. The summed E-state index contributed by atoms with van der Waals surface area (Å²) in [5, 5.41) is 3.58. The Hall–Kier alpha value is -2.17. The Morgan fingerprint density at radius 1 is 1.24 bits per heavy atom. The van der Waals surface area contributed by atoms with Crippen LogP contribution in [0.2, 0.25) is 0 Å². The fourth-order valence-corrected chi connectivity index (χ4v) is 4.65. The Morgan fingerprint density at radius 3 is 2.68 bits per heavy atom. The lowest BCUT2D eigenvalue weighted by molar-refractivity contribution is 0.304. The molecule has 4 unspecified atom stereocenters. The van der Waals surface area contributed by atoms with Gasteiger partial charge in [0.25, 0.3) is 5.56 Å². The van der Waals surface area contributed by atoms with E-state index in [2.05, 4.69) is 27.2 Å². The summed E-state index contributed by atoms with van der Waals surface area (Å²) in [6.07, 6.45) is 7.41. The third kappa shape index (κ3) is 3.08. The number of aryl methyl sites for hydroxylation is 1. The number of nitrogens with one attached hydrogen (secondary N) is 2. The van der Waals surface area contributed by atoms with Gasteiger partial charge in [-0.1, -0.05) is 6.42 Å². The first-order valence-electron chi connectivity index (χ1n) is 9.31. The number of rotatable bonds is 4. The molecule has 132 valence electrons. The standard InChI is InChI=1S/C20H26N4O/c1-11-12(2)23-19(24-20(11)25)16-6-7-18(21-10-16)22-13(3)17-9-14-4-5-15(17)8-14/h6-7,10,13-15,17H,4-5,8-9H2,1-3H3,(H,21,22)(H,23,24,25). The summed E-state index contributed by atoms with van der Waals surface area (Å²) in [4.78, 5) is 23.8. The average molecular weight is 338 g/mol. The van der Waals surface area contributed by atoms with Gasteiger partial charge in [0.2, 0.25) is 0 Å². The largest absolute Gasteiger partial charge is 0.367 e. The molecule has 0 aliphatic heterocycles. The van der Waals surface area contributed by atoms with Crippen molar-refractivity contribution in [1.29, 1.82) is 0 Å². The zero-order valence-electron chi connectivity index (χ0n) is 15.2. The molecule has 2 aliphatic carbocycles. The van der Waals surface area contributed by atoms with Gasteiger partial charge in [0.05, 0.1) is 0 Å². The Morgan fingerprint density at radius 2 is 2.08 bits per heavy atom. The molecule has 5 heteroatoms. The molecular formula is C20H26N4O. The monoisotopic (exact) mass is 338 g/mol. The van der Waals surface area contributed by atoms with Crippen LogP contribution < -0.4 is 10.9 Å². The lowest BCUT2D eigenvalue weighted by atomic mass is 9.84. The molecule has 0 aromatic carbocycles. The minimum absolute atomic E-state index is 0.0883. The van der Waals surface area contributed by atoms with Crippen molar-refractivity contribution in [3.05, 3.63) is 39.9 Å². The van der Waals surface area contributed by atoms with Gasteiger partial charge in [0.15, 0.2) is 0 Å². The van der Waals surface area contributed by atoms with Crippen molar-refractivity contribution in [3.8, 4) is 11.4 Å². The smallest absolute Gasteiger partial charge is 0.254 e. The summed E-state index contributed by atoms with van der Waals surface area (Å²) in [6.45, 7) is 5.92. The highest BCUT2D eigenvalue weighted by Crippen LogP contribution is 2.49. The van der Waals surface area contributed by atoms with E-state index in [0.717, 1.165) is 34.8 Å². The van der Waals surface area contributed by atoms with E-state index in [0.29, 0.717) is 17.4 Å². The first-order valence-corrected chi connectivity index (χ1v) is 9.31. The molecule has 2 saturated carbocycles. The van der Waals surface area contributed by atoms with E-state index in [-0.39, 0.29) is 5.56 Å². The molecule has 0 radical (unpaired) electrons. The minimum Gasteiger partial charge on any atom is -0.367 e. The topological polar surface area (TPSA) is 70.7 Å². The maximum Gasteiger partial charge on any atom is 0.254 e. The minimum atomic E-state index is -0.0883. The van der Waals surface area contributed by atoms with Gasteiger partial charge in [-0.25, -0.2) is 9.97 Å². The molecule has 2 fully saturated rings. The molecule has 2 bridgehead atoms. The fraction of sp³-hybridized carbons (Fsp3) is 0.550. The summed E-state index contributed by atoms with van der Waals surface area (Å²) in [6, 6.07) is 4.40. The van der Waals surface area contributed by atoms with Crippen molar-refractivity contribution in [1.82, 2.24) is 15.0 Å². The summed E-state index contributed by atoms with van der Waals surface area (Å²) >= 11 is 0. The zero-order chi connectivity index (χ0) is 17.6. The van der Waals surface area contributed by atoms with Gasteiger partial charge >= 0.3 is 0 Å². The van der Waals surface area contributed by atoms with E-state index in [1.54, 1.807) is 13.1 Å². The molecule has 0 spiro atoms. The molecular weight excluding hydrogens is 312 g/mol. The van der Waals surface area contributed by atoms with Crippen LogP contribution in [0, 0.1) is 31.6 Å². The molecule has 2 aromatic heterocycles. The molecule has 0 amide bonds. The van der Waals surface area contributed by atoms with Crippen LogP contribution in [0.1, 0.15) is 43.9 Å². The fourth-order valence-electron chi connectivity index (χ4n) is 4.65. The first-order chi connectivity index (χ1) is 12.0. The number of fused-ring (bicyclic) bond motifs is 2. The van der Waals surface area contributed by atoms with Crippen LogP contribution >= 0.6 is 0 Å². The molecule has 4 rings (SSSR count). The van der Waals surface area contributed by atoms with Crippen LogP contribution in [0.4, 0.5) is 5.82 Å². The van der Waals surface area contributed by atoms with Gasteiger partial charge in [-0.05, 0) is 69.9 Å². The molecule has 0 saturated heterocycles. The van der Waals surface area contributed by atoms with Crippen molar-refractivity contribution in [3.63, 3.8) is 0 Å². The Kier molecular flexibility index (Phi) is 4.10. The maximum atomic E-state index is 11.9. The number of hydrogen-bond acceptors (Lipinski definition) is 4. The summed E-state index contributed by atoms with van der Waals surface area (Å²) < 4.78 is 0. The van der Waals surface area contributed by atoms with Crippen LogP contribution in [0.15, 0.2) is 23.1 Å². The second-order valence-electron chi connectivity index (χ2n) is 7.83. The number of H-pyrrole nitrogens is 1. The molecule has 2 N–H and O–H groups in total. The number of aromatic nitrogens is 3. The highest BCUT2D eigenvalue weighted by atomic mass is 16.1. The SMILES string of the molecule is Cc1nc(-c2ccc(NC(C)C3CC4CCC3C4)nc2)[nH]c(=O)c1C.